The SMILES string of the molecule is O=[N+]([O-])c1ccc([O-])c(/C=N\NC(=Nc2ccccc2)c2nc3ccccc3[nH]2)c1. The molecule has 4 rings (SSSR count). The standard InChI is InChI=1S/C21H16N6O3/c28-19-11-10-16(27(29)30)12-14(19)13-22-26-21(23-15-6-2-1-3-7-15)20-24-17-8-4-5-9-18(17)25-20/h1-13,28H,(H,23,26)(H,24,25)/p-1/b22-13-. The van der Waals surface area contributed by atoms with Crippen molar-refractivity contribution < 1.29 is 10.0 Å². The average molecular weight is 399 g/mol. The maximum Gasteiger partial charge on any atom is 0.270 e. The number of imidazole rings is 1. The molecule has 0 unspecified atom stereocenters. The second-order valence-corrected chi connectivity index (χ2v) is 6.25. The molecule has 0 fully saturated rings. The van der Waals surface area contributed by atoms with Crippen molar-refractivity contribution in [1.82, 2.24) is 15.4 Å². The molecule has 0 aliphatic heterocycles. The van der Waals surface area contributed by atoms with Crippen molar-refractivity contribution >= 4 is 34.5 Å². The summed E-state index contributed by atoms with van der Waals surface area (Å²) in [4.78, 5) is 22.6. The van der Waals surface area contributed by atoms with Crippen molar-refractivity contribution in [2.75, 3.05) is 0 Å². The highest BCUT2D eigenvalue weighted by molar-refractivity contribution is 6.00. The quantitative estimate of drug-likeness (QED) is 0.230. The number of nitrogens with zero attached hydrogens (tertiary/aromatic N) is 4. The van der Waals surface area contributed by atoms with E-state index in [1.165, 1.54) is 12.3 Å². The number of fused-ring (bicyclic) bond motifs is 1. The molecule has 30 heavy (non-hydrogen) atoms. The molecule has 1 heterocycles. The van der Waals surface area contributed by atoms with Crippen molar-refractivity contribution in [2.45, 2.75) is 0 Å². The monoisotopic (exact) mass is 399 g/mol. The fourth-order valence-electron chi connectivity index (χ4n) is 2.74. The number of hydrazone groups is 1. The lowest BCUT2D eigenvalue weighted by atomic mass is 10.2. The van der Waals surface area contributed by atoms with Gasteiger partial charge in [-0.05, 0) is 29.8 Å². The molecule has 0 radical (unpaired) electrons. The first-order valence-corrected chi connectivity index (χ1v) is 8.93. The Kier molecular flexibility index (Phi) is 5.16. The first-order valence-electron chi connectivity index (χ1n) is 8.93. The molecule has 2 N–H and O–H groups in total. The van der Waals surface area contributed by atoms with Gasteiger partial charge >= 0.3 is 0 Å². The van der Waals surface area contributed by atoms with Gasteiger partial charge in [-0.1, -0.05) is 42.1 Å². The third kappa shape index (κ3) is 4.14. The predicted octanol–water partition coefficient (Wildman–Crippen LogP) is 3.25. The topological polar surface area (TPSA) is 132 Å². The lowest BCUT2D eigenvalue weighted by Gasteiger charge is -2.09. The summed E-state index contributed by atoms with van der Waals surface area (Å²) in [6, 6.07) is 20.2. The molecule has 0 bridgehead atoms. The second-order valence-electron chi connectivity index (χ2n) is 6.25. The van der Waals surface area contributed by atoms with Gasteiger partial charge in [0, 0.05) is 12.1 Å². The number of benzene rings is 3. The van der Waals surface area contributed by atoms with Crippen molar-refractivity contribution in [3.63, 3.8) is 0 Å². The Hall–Kier alpha value is -4.53. The second kappa shape index (κ2) is 8.23. The number of nitrogens with one attached hydrogen (secondary N) is 2. The molecule has 0 amide bonds. The molecule has 9 nitrogen and oxygen atoms in total. The number of H-pyrrole nitrogens is 1. The van der Waals surface area contributed by atoms with Gasteiger partial charge in [0.2, 0.25) is 0 Å². The van der Waals surface area contributed by atoms with Crippen LogP contribution in [0, 0.1) is 10.1 Å². The fourth-order valence-corrected chi connectivity index (χ4v) is 2.74. The maximum absolute atomic E-state index is 12.0. The third-order valence-electron chi connectivity index (χ3n) is 4.19. The van der Waals surface area contributed by atoms with Gasteiger partial charge in [0.05, 0.1) is 27.9 Å². The fraction of sp³-hybridized carbons (Fsp3) is 0. The van der Waals surface area contributed by atoms with Gasteiger partial charge in [-0.2, -0.15) is 5.10 Å². The highest BCUT2D eigenvalue weighted by atomic mass is 16.6. The van der Waals surface area contributed by atoms with Gasteiger partial charge < -0.3 is 10.1 Å². The van der Waals surface area contributed by atoms with Crippen LogP contribution >= 0.6 is 0 Å². The number of aromatic nitrogens is 2. The van der Waals surface area contributed by atoms with E-state index in [1.807, 2.05) is 54.6 Å². The zero-order valence-electron chi connectivity index (χ0n) is 15.5. The van der Waals surface area contributed by atoms with Gasteiger partial charge in [-0.25, -0.2) is 9.98 Å². The number of hydrogen-bond donors (Lipinski definition) is 2. The van der Waals surface area contributed by atoms with Crippen LogP contribution < -0.4 is 10.5 Å². The Labute approximate surface area is 170 Å². The summed E-state index contributed by atoms with van der Waals surface area (Å²) in [5.74, 6) is 0.404. The van der Waals surface area contributed by atoms with E-state index in [4.69, 9.17) is 0 Å². The summed E-state index contributed by atoms with van der Waals surface area (Å²) in [5.41, 5.74) is 4.95. The van der Waals surface area contributed by atoms with E-state index in [0.717, 1.165) is 23.2 Å². The first kappa shape index (κ1) is 18.8. The highest BCUT2D eigenvalue weighted by Crippen LogP contribution is 2.19. The zero-order chi connectivity index (χ0) is 20.9. The molecule has 9 heteroatoms. The Bertz CT molecular complexity index is 1230. The van der Waals surface area contributed by atoms with E-state index in [0.29, 0.717) is 17.3 Å². The molecule has 0 spiro atoms. The van der Waals surface area contributed by atoms with Crippen molar-refractivity contribution in [3.05, 3.63) is 94.3 Å². The number of nitro groups is 1. The number of para-hydroxylation sites is 3. The number of aliphatic imine (C=N–C) groups is 1. The number of rotatable bonds is 5. The van der Waals surface area contributed by atoms with Crippen LogP contribution in [0.4, 0.5) is 11.4 Å². The van der Waals surface area contributed by atoms with Crippen LogP contribution in [0.25, 0.3) is 11.0 Å². The Balaban J connectivity index is 1.67. The molecular weight excluding hydrogens is 384 g/mol. The van der Waals surface area contributed by atoms with Gasteiger partial charge in [-0.15, -0.1) is 0 Å². The highest BCUT2D eigenvalue weighted by Gasteiger charge is 2.10. The van der Waals surface area contributed by atoms with E-state index >= 15 is 0 Å². The van der Waals surface area contributed by atoms with Gasteiger partial charge in [0.1, 0.15) is 0 Å². The van der Waals surface area contributed by atoms with E-state index in [1.54, 1.807) is 0 Å². The molecule has 0 saturated heterocycles. The van der Waals surface area contributed by atoms with E-state index < -0.39 is 4.92 Å². The summed E-state index contributed by atoms with van der Waals surface area (Å²) in [6.45, 7) is 0. The molecule has 148 valence electrons. The molecule has 4 aromatic rings. The Morgan fingerprint density at radius 2 is 1.83 bits per heavy atom. The summed E-state index contributed by atoms with van der Waals surface area (Å²) >= 11 is 0. The van der Waals surface area contributed by atoms with Crippen LogP contribution in [0.3, 0.4) is 0 Å². The summed E-state index contributed by atoms with van der Waals surface area (Å²) in [5, 5.41) is 26.9. The third-order valence-corrected chi connectivity index (χ3v) is 4.19. The number of aromatic amines is 1. The number of non-ortho nitro benzene ring substituents is 1. The number of amidine groups is 1. The predicted molar refractivity (Wildman–Crippen MR) is 112 cm³/mol. The molecule has 0 atom stereocenters. The zero-order valence-corrected chi connectivity index (χ0v) is 15.5. The summed E-state index contributed by atoms with van der Waals surface area (Å²) < 4.78 is 0. The van der Waals surface area contributed by atoms with Crippen LogP contribution in [0.5, 0.6) is 5.75 Å². The van der Waals surface area contributed by atoms with Crippen LogP contribution in [-0.2, 0) is 0 Å². The summed E-state index contributed by atoms with van der Waals surface area (Å²) in [7, 11) is 0. The normalized spacial score (nSPS) is 11.8. The number of hydrogen-bond acceptors (Lipinski definition) is 6. The average Bonchev–Trinajstić information content (AvgIpc) is 3.19. The molecule has 0 aliphatic carbocycles. The summed E-state index contributed by atoms with van der Waals surface area (Å²) in [6.07, 6.45) is 1.22. The van der Waals surface area contributed by atoms with Gasteiger partial charge in [0.15, 0.2) is 11.7 Å². The minimum atomic E-state index is -0.569. The van der Waals surface area contributed by atoms with Crippen LogP contribution in [0.2, 0.25) is 0 Å². The number of nitro benzene ring substituents is 1. The molecule has 1 aromatic heterocycles. The largest absolute Gasteiger partial charge is 0.872 e. The first-order chi connectivity index (χ1) is 14.6. The van der Waals surface area contributed by atoms with E-state index in [-0.39, 0.29) is 17.0 Å². The van der Waals surface area contributed by atoms with Crippen molar-refractivity contribution in [3.8, 4) is 5.75 Å². The minimum Gasteiger partial charge on any atom is -0.872 e. The van der Waals surface area contributed by atoms with E-state index in [2.05, 4.69) is 25.5 Å². The van der Waals surface area contributed by atoms with E-state index in [9.17, 15) is 15.2 Å². The lowest BCUT2D eigenvalue weighted by Crippen LogP contribution is -2.20. The Morgan fingerprint density at radius 1 is 1.07 bits per heavy atom. The molecule has 0 saturated carbocycles. The van der Waals surface area contributed by atoms with Crippen LogP contribution in [0.15, 0.2) is 82.9 Å². The molecule has 0 aliphatic rings. The van der Waals surface area contributed by atoms with Gasteiger partial charge in [0.25, 0.3) is 5.69 Å². The van der Waals surface area contributed by atoms with Crippen molar-refractivity contribution in [2.24, 2.45) is 10.1 Å². The molecule has 3 aromatic carbocycles. The van der Waals surface area contributed by atoms with Gasteiger partial charge in [-0.3, -0.25) is 15.5 Å². The Morgan fingerprint density at radius 3 is 2.60 bits per heavy atom. The maximum atomic E-state index is 12.0. The smallest absolute Gasteiger partial charge is 0.270 e. The van der Waals surface area contributed by atoms with Crippen molar-refractivity contribution in [1.29, 1.82) is 0 Å². The minimum absolute atomic E-state index is 0.0837. The van der Waals surface area contributed by atoms with Crippen LogP contribution in [-0.4, -0.2) is 26.9 Å². The van der Waals surface area contributed by atoms with Crippen LogP contribution in [0.1, 0.15) is 11.4 Å². The lowest BCUT2D eigenvalue weighted by molar-refractivity contribution is -0.385. The molecular formula is C21H15N6O3-.